The Morgan fingerprint density at radius 1 is 1.14 bits per heavy atom. The highest BCUT2D eigenvalue weighted by molar-refractivity contribution is 6.01. The zero-order valence-electron chi connectivity index (χ0n) is 15.7. The van der Waals surface area contributed by atoms with Crippen molar-refractivity contribution in [3.8, 4) is 5.75 Å². The Kier molecular flexibility index (Phi) is 5.53. The number of carbonyl (C=O) groups is 2. The molecule has 1 aromatic carbocycles. The summed E-state index contributed by atoms with van der Waals surface area (Å²) in [6, 6.07) is 14.1. The number of anilines is 1. The van der Waals surface area contributed by atoms with Crippen LogP contribution in [0.15, 0.2) is 48.7 Å². The molecule has 1 fully saturated rings. The number of aromatic nitrogens is 1. The number of pyridine rings is 1. The Hall–Kier alpha value is -2.93. The molecule has 2 aliphatic heterocycles. The lowest BCUT2D eigenvalue weighted by Crippen LogP contribution is -2.50. The zero-order chi connectivity index (χ0) is 19.3. The molecule has 4 rings (SSSR count). The molecule has 2 aliphatic rings. The predicted molar refractivity (Wildman–Crippen MR) is 105 cm³/mol. The first-order chi connectivity index (χ1) is 13.7. The van der Waals surface area contributed by atoms with Gasteiger partial charge in [-0.2, -0.15) is 0 Å². The molecule has 1 N–H and O–H groups in total. The van der Waals surface area contributed by atoms with E-state index in [0.717, 1.165) is 32.5 Å². The fourth-order valence-electron chi connectivity index (χ4n) is 3.69. The van der Waals surface area contributed by atoms with Gasteiger partial charge in [-0.3, -0.25) is 19.4 Å². The smallest absolute Gasteiger partial charge is 0.266 e. The van der Waals surface area contributed by atoms with Crippen LogP contribution in [0.3, 0.4) is 0 Å². The summed E-state index contributed by atoms with van der Waals surface area (Å²) in [6.45, 7) is 2.73. The van der Waals surface area contributed by atoms with Gasteiger partial charge in [0, 0.05) is 31.9 Å². The van der Waals surface area contributed by atoms with Crippen LogP contribution < -0.4 is 15.0 Å². The standard InChI is InChI=1S/C21H24N4O3/c26-19(14-25-20(27)15-28-18-7-4-10-22-21(18)25)23-17-8-11-24(12-9-17)13-16-5-2-1-3-6-16/h1-7,10,17H,8-9,11-15H2,(H,23,26). The molecular formula is C21H24N4O3. The summed E-state index contributed by atoms with van der Waals surface area (Å²) in [4.78, 5) is 32.7. The molecule has 1 saturated heterocycles. The Labute approximate surface area is 164 Å². The molecule has 28 heavy (non-hydrogen) atoms. The van der Waals surface area contributed by atoms with Crippen molar-refractivity contribution in [2.24, 2.45) is 0 Å². The molecule has 1 aromatic heterocycles. The first-order valence-electron chi connectivity index (χ1n) is 9.63. The van der Waals surface area contributed by atoms with Crippen molar-refractivity contribution in [2.45, 2.75) is 25.4 Å². The number of benzene rings is 1. The highest BCUT2D eigenvalue weighted by Gasteiger charge is 2.29. The van der Waals surface area contributed by atoms with Crippen LogP contribution in [-0.2, 0) is 16.1 Å². The van der Waals surface area contributed by atoms with Gasteiger partial charge < -0.3 is 10.1 Å². The minimum absolute atomic E-state index is 0.0313. The van der Waals surface area contributed by atoms with Crippen LogP contribution in [0.1, 0.15) is 18.4 Å². The van der Waals surface area contributed by atoms with E-state index in [4.69, 9.17) is 4.74 Å². The quantitative estimate of drug-likeness (QED) is 0.853. The maximum Gasteiger partial charge on any atom is 0.266 e. The normalized spacial score (nSPS) is 17.7. The Morgan fingerprint density at radius 3 is 2.71 bits per heavy atom. The van der Waals surface area contributed by atoms with E-state index < -0.39 is 0 Å². The van der Waals surface area contributed by atoms with Gasteiger partial charge >= 0.3 is 0 Å². The van der Waals surface area contributed by atoms with Crippen LogP contribution in [0.2, 0.25) is 0 Å². The number of piperidine rings is 1. The van der Waals surface area contributed by atoms with Crippen molar-refractivity contribution in [2.75, 3.05) is 31.1 Å². The van der Waals surface area contributed by atoms with E-state index >= 15 is 0 Å². The van der Waals surface area contributed by atoms with Gasteiger partial charge in [-0.05, 0) is 30.5 Å². The minimum Gasteiger partial charge on any atom is -0.480 e. The van der Waals surface area contributed by atoms with Crippen molar-refractivity contribution < 1.29 is 14.3 Å². The number of hydrogen-bond acceptors (Lipinski definition) is 5. The third kappa shape index (κ3) is 4.31. The predicted octanol–water partition coefficient (Wildman–Crippen LogP) is 1.59. The second-order valence-electron chi connectivity index (χ2n) is 7.20. The van der Waals surface area contributed by atoms with E-state index in [0.29, 0.717) is 11.6 Å². The van der Waals surface area contributed by atoms with Crippen molar-refractivity contribution in [1.29, 1.82) is 0 Å². The number of likely N-dealkylation sites (tertiary alicyclic amines) is 1. The number of ether oxygens (including phenoxy) is 1. The Balaban J connectivity index is 1.28. The molecule has 7 nitrogen and oxygen atoms in total. The first-order valence-corrected chi connectivity index (χ1v) is 9.63. The van der Waals surface area contributed by atoms with Crippen molar-refractivity contribution in [3.05, 3.63) is 54.2 Å². The summed E-state index contributed by atoms with van der Waals surface area (Å²) in [7, 11) is 0. The number of hydrogen-bond donors (Lipinski definition) is 1. The van der Waals surface area contributed by atoms with Crippen LogP contribution in [-0.4, -0.2) is 54.0 Å². The summed E-state index contributed by atoms with van der Waals surface area (Å²) in [5.74, 6) is 0.531. The summed E-state index contributed by atoms with van der Waals surface area (Å²) >= 11 is 0. The largest absolute Gasteiger partial charge is 0.480 e. The maximum atomic E-state index is 12.5. The molecule has 0 saturated carbocycles. The van der Waals surface area contributed by atoms with Crippen LogP contribution in [0.25, 0.3) is 0 Å². The monoisotopic (exact) mass is 380 g/mol. The molecule has 0 atom stereocenters. The van der Waals surface area contributed by atoms with Crippen LogP contribution in [0, 0.1) is 0 Å². The van der Waals surface area contributed by atoms with Gasteiger partial charge in [0.15, 0.2) is 18.2 Å². The second kappa shape index (κ2) is 8.39. The molecule has 2 aromatic rings. The van der Waals surface area contributed by atoms with Gasteiger partial charge in [-0.15, -0.1) is 0 Å². The minimum atomic E-state index is -0.251. The SMILES string of the molecule is O=C(CN1C(=O)COc2cccnc21)NC1CCN(Cc2ccccc2)CC1. The molecule has 2 amide bonds. The number of rotatable bonds is 5. The molecule has 146 valence electrons. The van der Waals surface area contributed by atoms with Gasteiger partial charge in [-0.1, -0.05) is 30.3 Å². The lowest BCUT2D eigenvalue weighted by atomic mass is 10.0. The molecule has 0 radical (unpaired) electrons. The molecule has 7 heteroatoms. The third-order valence-corrected chi connectivity index (χ3v) is 5.16. The lowest BCUT2D eigenvalue weighted by Gasteiger charge is -2.33. The summed E-state index contributed by atoms with van der Waals surface area (Å²) in [5, 5.41) is 3.07. The van der Waals surface area contributed by atoms with E-state index in [1.807, 2.05) is 6.07 Å². The highest BCUT2D eigenvalue weighted by Crippen LogP contribution is 2.28. The van der Waals surface area contributed by atoms with E-state index in [2.05, 4.69) is 39.5 Å². The molecule has 0 bridgehead atoms. The Morgan fingerprint density at radius 2 is 1.93 bits per heavy atom. The van der Waals surface area contributed by atoms with Gasteiger partial charge in [0.05, 0.1) is 0 Å². The summed E-state index contributed by atoms with van der Waals surface area (Å²) in [6.07, 6.45) is 3.41. The van der Waals surface area contributed by atoms with Crippen LogP contribution >= 0.6 is 0 Å². The van der Waals surface area contributed by atoms with Gasteiger partial charge in [0.1, 0.15) is 6.54 Å². The second-order valence-corrected chi connectivity index (χ2v) is 7.20. The highest BCUT2D eigenvalue weighted by atomic mass is 16.5. The van der Waals surface area contributed by atoms with E-state index in [-0.39, 0.29) is 31.0 Å². The average molecular weight is 380 g/mol. The molecule has 0 unspecified atom stereocenters. The van der Waals surface area contributed by atoms with Crippen molar-refractivity contribution in [1.82, 2.24) is 15.2 Å². The number of carbonyl (C=O) groups excluding carboxylic acids is 2. The molecule has 3 heterocycles. The van der Waals surface area contributed by atoms with Gasteiger partial charge in [0.25, 0.3) is 5.91 Å². The zero-order valence-corrected chi connectivity index (χ0v) is 15.7. The lowest BCUT2D eigenvalue weighted by molar-refractivity contribution is -0.125. The van der Waals surface area contributed by atoms with Crippen molar-refractivity contribution in [3.63, 3.8) is 0 Å². The number of fused-ring (bicyclic) bond motifs is 1. The number of nitrogens with zero attached hydrogens (tertiary/aromatic N) is 3. The average Bonchev–Trinajstić information content (AvgIpc) is 2.72. The van der Waals surface area contributed by atoms with E-state index in [1.54, 1.807) is 18.3 Å². The fraction of sp³-hybridized carbons (Fsp3) is 0.381. The topological polar surface area (TPSA) is 74.8 Å². The number of amides is 2. The van der Waals surface area contributed by atoms with Gasteiger partial charge in [0.2, 0.25) is 5.91 Å². The maximum absolute atomic E-state index is 12.5. The van der Waals surface area contributed by atoms with Crippen LogP contribution in [0.4, 0.5) is 5.82 Å². The molecule has 0 spiro atoms. The van der Waals surface area contributed by atoms with Crippen molar-refractivity contribution >= 4 is 17.6 Å². The Bertz CT molecular complexity index is 835. The third-order valence-electron chi connectivity index (χ3n) is 5.16. The number of nitrogens with one attached hydrogen (secondary N) is 1. The first kappa shape index (κ1) is 18.4. The fourth-order valence-corrected chi connectivity index (χ4v) is 3.69. The van der Waals surface area contributed by atoms with E-state index in [9.17, 15) is 9.59 Å². The summed E-state index contributed by atoms with van der Waals surface area (Å²) in [5.41, 5.74) is 1.31. The molecule has 0 aliphatic carbocycles. The summed E-state index contributed by atoms with van der Waals surface area (Å²) < 4.78 is 5.37. The van der Waals surface area contributed by atoms with Crippen LogP contribution in [0.5, 0.6) is 5.75 Å². The van der Waals surface area contributed by atoms with E-state index in [1.165, 1.54) is 10.5 Å². The van der Waals surface area contributed by atoms with Gasteiger partial charge in [-0.25, -0.2) is 4.98 Å². The molecular weight excluding hydrogens is 356 g/mol.